The first-order valence-electron chi connectivity index (χ1n) is 4.61. The molecule has 0 unspecified atom stereocenters. The lowest BCUT2D eigenvalue weighted by Crippen LogP contribution is -2.32. The Kier molecular flexibility index (Phi) is 4.15. The predicted molar refractivity (Wildman–Crippen MR) is 56.1 cm³/mol. The molecule has 1 aromatic rings. The summed E-state index contributed by atoms with van der Waals surface area (Å²) in [6.07, 6.45) is 0.481. The number of esters is 1. The molecule has 1 aromatic heterocycles. The van der Waals surface area contributed by atoms with Crippen molar-refractivity contribution in [3.05, 3.63) is 23.7 Å². The predicted octanol–water partition coefficient (Wildman–Crippen LogP) is -2.31. The second kappa shape index (κ2) is 5.40. The van der Waals surface area contributed by atoms with Crippen LogP contribution in [0, 0.1) is 0 Å². The van der Waals surface area contributed by atoms with Gasteiger partial charge in [-0.05, 0) is 6.08 Å². The molecule has 1 rings (SSSR count). The minimum absolute atomic E-state index is 0.175. The van der Waals surface area contributed by atoms with Gasteiger partial charge in [0.05, 0.1) is 13.3 Å². The Bertz CT molecular complexity index is 473. The molecule has 0 aromatic carbocycles. The minimum Gasteiger partial charge on any atom is -0.464 e. The van der Waals surface area contributed by atoms with Gasteiger partial charge < -0.3 is 25.4 Å². The molecule has 98 valence electrons. The van der Waals surface area contributed by atoms with Crippen LogP contribution in [0.1, 0.15) is 5.56 Å². The Labute approximate surface area is 101 Å². The SMILES string of the molecule is COC(=O)/C(=C/c1cnn(C(O)(O)O)c1)NC=O. The lowest BCUT2D eigenvalue weighted by molar-refractivity contribution is -0.380. The normalized spacial score (nSPS) is 12.1. The van der Waals surface area contributed by atoms with Gasteiger partial charge in [0, 0.05) is 11.8 Å². The molecular weight excluding hydrogens is 246 g/mol. The molecule has 0 radical (unpaired) electrons. The summed E-state index contributed by atoms with van der Waals surface area (Å²) in [5, 5.41) is 32.0. The van der Waals surface area contributed by atoms with Crippen molar-refractivity contribution in [1.29, 1.82) is 0 Å². The second-order valence-electron chi connectivity index (χ2n) is 3.13. The highest BCUT2D eigenvalue weighted by atomic mass is 16.7. The molecule has 0 aliphatic carbocycles. The fourth-order valence-electron chi connectivity index (χ4n) is 1.07. The third-order valence-electron chi connectivity index (χ3n) is 1.84. The van der Waals surface area contributed by atoms with Gasteiger partial charge in [-0.2, -0.15) is 9.78 Å². The van der Waals surface area contributed by atoms with Gasteiger partial charge >= 0.3 is 12.1 Å². The second-order valence-corrected chi connectivity index (χ2v) is 3.13. The molecule has 4 N–H and O–H groups in total. The highest BCUT2D eigenvalue weighted by Gasteiger charge is 2.22. The summed E-state index contributed by atoms with van der Waals surface area (Å²) in [5.41, 5.74) is 0.0535. The average molecular weight is 257 g/mol. The lowest BCUT2D eigenvalue weighted by atomic mass is 10.3. The van der Waals surface area contributed by atoms with Crippen molar-refractivity contribution in [2.75, 3.05) is 7.11 Å². The molecule has 0 fully saturated rings. The first-order valence-corrected chi connectivity index (χ1v) is 4.61. The van der Waals surface area contributed by atoms with Gasteiger partial charge in [-0.25, -0.2) is 4.79 Å². The third-order valence-corrected chi connectivity index (χ3v) is 1.84. The fourth-order valence-corrected chi connectivity index (χ4v) is 1.07. The Morgan fingerprint density at radius 2 is 2.22 bits per heavy atom. The summed E-state index contributed by atoms with van der Waals surface area (Å²) in [7, 11) is 1.13. The van der Waals surface area contributed by atoms with Crippen LogP contribution >= 0.6 is 0 Å². The monoisotopic (exact) mass is 257 g/mol. The summed E-state index contributed by atoms with van der Waals surface area (Å²) < 4.78 is 4.85. The zero-order valence-electron chi connectivity index (χ0n) is 9.27. The van der Waals surface area contributed by atoms with Crippen LogP contribution in [0.15, 0.2) is 18.1 Å². The molecule has 0 bridgehead atoms. The van der Waals surface area contributed by atoms with Crippen molar-refractivity contribution < 1.29 is 29.6 Å². The third kappa shape index (κ3) is 3.38. The van der Waals surface area contributed by atoms with Crippen LogP contribution < -0.4 is 5.32 Å². The molecule has 0 aliphatic rings. The largest absolute Gasteiger partial charge is 0.464 e. The maximum absolute atomic E-state index is 11.2. The number of carbonyl (C=O) groups is 2. The molecular formula is C9H11N3O6. The van der Waals surface area contributed by atoms with E-state index < -0.39 is 12.1 Å². The van der Waals surface area contributed by atoms with E-state index in [-0.39, 0.29) is 17.7 Å². The first-order chi connectivity index (χ1) is 8.38. The number of hydrogen-bond donors (Lipinski definition) is 4. The van der Waals surface area contributed by atoms with Crippen molar-refractivity contribution in [1.82, 2.24) is 15.1 Å². The first kappa shape index (κ1) is 13.8. The zero-order chi connectivity index (χ0) is 13.8. The van der Waals surface area contributed by atoms with E-state index in [2.05, 4.69) is 15.2 Å². The highest BCUT2D eigenvalue weighted by molar-refractivity contribution is 5.94. The number of carbonyl (C=O) groups excluding carboxylic acids is 2. The minimum atomic E-state index is -3.14. The van der Waals surface area contributed by atoms with Crippen LogP contribution in [0.3, 0.4) is 0 Å². The summed E-state index contributed by atoms with van der Waals surface area (Å²) in [6, 6.07) is 0. The van der Waals surface area contributed by atoms with Crippen LogP contribution in [0.25, 0.3) is 6.08 Å². The molecule has 0 atom stereocenters. The van der Waals surface area contributed by atoms with Crippen LogP contribution in [-0.2, 0) is 20.4 Å². The quantitative estimate of drug-likeness (QED) is 0.201. The van der Waals surface area contributed by atoms with Gasteiger partial charge in [-0.3, -0.25) is 4.79 Å². The smallest absolute Gasteiger partial charge is 0.389 e. The molecule has 0 saturated carbocycles. The van der Waals surface area contributed by atoms with E-state index in [9.17, 15) is 9.59 Å². The zero-order valence-corrected chi connectivity index (χ0v) is 9.27. The van der Waals surface area contributed by atoms with E-state index >= 15 is 0 Å². The number of nitrogens with one attached hydrogen (secondary N) is 1. The van der Waals surface area contributed by atoms with Gasteiger partial charge in [-0.1, -0.05) is 0 Å². The average Bonchev–Trinajstić information content (AvgIpc) is 2.75. The molecule has 0 spiro atoms. The van der Waals surface area contributed by atoms with Gasteiger partial charge in [-0.15, -0.1) is 0 Å². The van der Waals surface area contributed by atoms with E-state index in [1.807, 2.05) is 0 Å². The van der Waals surface area contributed by atoms with Crippen molar-refractivity contribution in [2.45, 2.75) is 6.10 Å². The van der Waals surface area contributed by atoms with E-state index in [0.29, 0.717) is 4.68 Å². The standard InChI is InChI=1S/C9H11N3O6/c1-18-8(14)7(10-5-13)2-6-3-11-12(4-6)9(15,16)17/h2-5,15-17H,1H3,(H,10,13)/b7-2-. The highest BCUT2D eigenvalue weighted by Crippen LogP contribution is 2.09. The van der Waals surface area contributed by atoms with Crippen LogP contribution in [0.2, 0.25) is 0 Å². The Hall–Kier alpha value is -2.23. The van der Waals surface area contributed by atoms with E-state index in [1.54, 1.807) is 0 Å². The van der Waals surface area contributed by atoms with Crippen LogP contribution in [-0.4, -0.2) is 44.6 Å². The molecule has 9 heteroatoms. The number of hydrogen-bond acceptors (Lipinski definition) is 7. The van der Waals surface area contributed by atoms with Crippen LogP contribution in [0.4, 0.5) is 0 Å². The van der Waals surface area contributed by atoms with E-state index in [1.165, 1.54) is 6.08 Å². The molecule has 9 nitrogen and oxygen atoms in total. The van der Waals surface area contributed by atoms with E-state index in [0.717, 1.165) is 19.5 Å². The fraction of sp³-hybridized carbons (Fsp3) is 0.222. The van der Waals surface area contributed by atoms with E-state index in [4.69, 9.17) is 15.3 Å². The number of amides is 1. The lowest BCUT2D eigenvalue weighted by Gasteiger charge is -2.12. The van der Waals surface area contributed by atoms with Crippen molar-refractivity contribution >= 4 is 18.5 Å². The number of ether oxygens (including phenoxy) is 1. The summed E-state index contributed by atoms with van der Waals surface area (Å²) in [4.78, 5) is 21.5. The number of nitrogens with zero attached hydrogens (tertiary/aromatic N) is 2. The topological polar surface area (TPSA) is 134 Å². The van der Waals surface area contributed by atoms with Crippen LogP contribution in [0.5, 0.6) is 0 Å². The van der Waals surface area contributed by atoms with Gasteiger partial charge in [0.25, 0.3) is 0 Å². The Morgan fingerprint density at radius 3 is 2.67 bits per heavy atom. The Balaban J connectivity index is 3.02. The molecule has 1 heterocycles. The maximum atomic E-state index is 11.2. The number of aromatic nitrogens is 2. The van der Waals surface area contributed by atoms with Gasteiger partial charge in [0.1, 0.15) is 5.70 Å². The number of aliphatic hydroxyl groups is 3. The summed E-state index contributed by atoms with van der Waals surface area (Å²) >= 11 is 0. The van der Waals surface area contributed by atoms with Gasteiger partial charge in [0.15, 0.2) is 0 Å². The molecule has 1 amide bonds. The maximum Gasteiger partial charge on any atom is 0.389 e. The van der Waals surface area contributed by atoms with Crippen molar-refractivity contribution in [3.63, 3.8) is 0 Å². The number of methoxy groups -OCH3 is 1. The summed E-state index contributed by atoms with van der Waals surface area (Å²) in [6.45, 7) is 0. The molecule has 18 heavy (non-hydrogen) atoms. The summed E-state index contributed by atoms with van der Waals surface area (Å²) in [5.74, 6) is -0.793. The van der Waals surface area contributed by atoms with Gasteiger partial charge in [0.2, 0.25) is 6.41 Å². The molecule has 0 saturated heterocycles. The molecule has 0 aliphatic heterocycles. The number of rotatable bonds is 5. The van der Waals surface area contributed by atoms with Crippen molar-refractivity contribution in [2.24, 2.45) is 0 Å². The van der Waals surface area contributed by atoms with Crippen molar-refractivity contribution in [3.8, 4) is 0 Å². The Morgan fingerprint density at radius 1 is 1.56 bits per heavy atom.